The number of amides is 1. The highest BCUT2D eigenvalue weighted by molar-refractivity contribution is 7.13. The Balaban J connectivity index is 1.73. The molecule has 0 aliphatic heterocycles. The normalized spacial score (nSPS) is 10.4. The van der Waals surface area contributed by atoms with E-state index < -0.39 is 0 Å². The fourth-order valence-corrected chi connectivity index (χ4v) is 2.67. The molecule has 0 unspecified atom stereocenters. The summed E-state index contributed by atoms with van der Waals surface area (Å²) in [6, 6.07) is 14.4. The third kappa shape index (κ3) is 3.29. The summed E-state index contributed by atoms with van der Waals surface area (Å²) < 4.78 is 1.29. The smallest absolute Gasteiger partial charge is 0.254 e. The van der Waals surface area contributed by atoms with E-state index in [0.29, 0.717) is 11.4 Å². The molecule has 3 aromatic rings. The number of hydrogen-bond acceptors (Lipinski definition) is 4. The number of benzene rings is 1. The van der Waals surface area contributed by atoms with Gasteiger partial charge < -0.3 is 5.32 Å². The van der Waals surface area contributed by atoms with Crippen LogP contribution >= 0.6 is 11.3 Å². The first kappa shape index (κ1) is 14.2. The monoisotopic (exact) mass is 311 g/mol. The number of thiophene rings is 1. The molecule has 5 nitrogen and oxygen atoms in total. The Morgan fingerprint density at radius 1 is 1.18 bits per heavy atom. The van der Waals surface area contributed by atoms with Gasteiger partial charge in [0.1, 0.15) is 6.54 Å². The molecule has 1 amide bonds. The van der Waals surface area contributed by atoms with E-state index in [0.717, 1.165) is 4.88 Å². The SMILES string of the molecule is O=C(Cn1cnc(-c2cccs2)cc1=O)Nc1ccccc1. The van der Waals surface area contributed by atoms with Gasteiger partial charge in [-0.2, -0.15) is 0 Å². The maximum Gasteiger partial charge on any atom is 0.254 e. The van der Waals surface area contributed by atoms with Crippen molar-refractivity contribution in [2.24, 2.45) is 0 Å². The number of nitrogens with one attached hydrogen (secondary N) is 1. The predicted molar refractivity (Wildman–Crippen MR) is 86.9 cm³/mol. The number of anilines is 1. The van der Waals surface area contributed by atoms with Crippen molar-refractivity contribution >= 4 is 22.9 Å². The van der Waals surface area contributed by atoms with Crippen LogP contribution in [0.5, 0.6) is 0 Å². The highest BCUT2D eigenvalue weighted by atomic mass is 32.1. The fraction of sp³-hybridized carbons (Fsp3) is 0.0625. The number of rotatable bonds is 4. The Morgan fingerprint density at radius 2 is 2.00 bits per heavy atom. The number of hydrogen-bond donors (Lipinski definition) is 1. The van der Waals surface area contributed by atoms with E-state index in [1.807, 2.05) is 35.7 Å². The van der Waals surface area contributed by atoms with Crippen molar-refractivity contribution < 1.29 is 4.79 Å². The van der Waals surface area contributed by atoms with E-state index in [9.17, 15) is 9.59 Å². The molecule has 1 N–H and O–H groups in total. The summed E-state index contributed by atoms with van der Waals surface area (Å²) in [6.45, 7) is -0.0640. The zero-order chi connectivity index (χ0) is 15.4. The summed E-state index contributed by atoms with van der Waals surface area (Å²) in [4.78, 5) is 29.2. The summed E-state index contributed by atoms with van der Waals surface area (Å²) in [6.07, 6.45) is 1.40. The molecular weight excluding hydrogens is 298 g/mol. The molecule has 0 fully saturated rings. The first-order valence-electron chi connectivity index (χ1n) is 6.67. The van der Waals surface area contributed by atoms with E-state index in [2.05, 4.69) is 10.3 Å². The predicted octanol–water partition coefficient (Wildman–Crippen LogP) is 2.61. The van der Waals surface area contributed by atoms with Crippen molar-refractivity contribution in [3.05, 3.63) is 70.6 Å². The Kier molecular flexibility index (Phi) is 4.11. The maximum absolute atomic E-state index is 12.1. The third-order valence-electron chi connectivity index (χ3n) is 3.02. The first-order chi connectivity index (χ1) is 10.7. The van der Waals surface area contributed by atoms with Gasteiger partial charge in [0.15, 0.2) is 0 Å². The quantitative estimate of drug-likeness (QED) is 0.805. The zero-order valence-electron chi connectivity index (χ0n) is 11.6. The minimum absolute atomic E-state index is 0.0640. The molecule has 0 radical (unpaired) electrons. The molecule has 1 aromatic carbocycles. The molecule has 22 heavy (non-hydrogen) atoms. The molecule has 0 aliphatic rings. The van der Waals surface area contributed by atoms with E-state index in [-0.39, 0.29) is 18.0 Å². The third-order valence-corrected chi connectivity index (χ3v) is 3.92. The van der Waals surface area contributed by atoms with Gasteiger partial charge in [-0.1, -0.05) is 24.3 Å². The van der Waals surface area contributed by atoms with Crippen molar-refractivity contribution in [1.29, 1.82) is 0 Å². The molecule has 3 rings (SSSR count). The van der Waals surface area contributed by atoms with Gasteiger partial charge in [-0.3, -0.25) is 14.2 Å². The minimum atomic E-state index is -0.265. The number of nitrogens with zero attached hydrogens (tertiary/aromatic N) is 2. The second-order valence-electron chi connectivity index (χ2n) is 4.63. The summed E-state index contributed by atoms with van der Waals surface area (Å²) in [5, 5.41) is 4.66. The van der Waals surface area contributed by atoms with Crippen molar-refractivity contribution in [2.45, 2.75) is 6.54 Å². The Labute approximate surface area is 130 Å². The number of para-hydroxylation sites is 1. The van der Waals surface area contributed by atoms with Gasteiger partial charge in [-0.25, -0.2) is 4.98 Å². The lowest BCUT2D eigenvalue weighted by molar-refractivity contribution is -0.116. The Morgan fingerprint density at radius 3 is 2.68 bits per heavy atom. The van der Waals surface area contributed by atoms with Crippen LogP contribution in [0.15, 0.2) is 65.0 Å². The molecule has 0 saturated heterocycles. The number of aromatic nitrogens is 2. The van der Waals surface area contributed by atoms with Crippen molar-refractivity contribution in [3.8, 4) is 10.6 Å². The lowest BCUT2D eigenvalue weighted by atomic mass is 10.3. The highest BCUT2D eigenvalue weighted by Crippen LogP contribution is 2.20. The Bertz CT molecular complexity index is 826. The van der Waals surface area contributed by atoms with Crippen LogP contribution in [0.25, 0.3) is 10.6 Å². The average molecular weight is 311 g/mol. The largest absolute Gasteiger partial charge is 0.325 e. The summed E-state index contributed by atoms with van der Waals surface area (Å²) in [5.41, 5.74) is 1.07. The van der Waals surface area contributed by atoms with Crippen LogP contribution in [0, 0.1) is 0 Å². The zero-order valence-corrected chi connectivity index (χ0v) is 12.4. The fourth-order valence-electron chi connectivity index (χ4n) is 1.98. The van der Waals surface area contributed by atoms with Gasteiger partial charge in [0.05, 0.1) is 16.9 Å². The van der Waals surface area contributed by atoms with Gasteiger partial charge in [-0.15, -0.1) is 11.3 Å². The van der Waals surface area contributed by atoms with E-state index in [4.69, 9.17) is 0 Å². The first-order valence-corrected chi connectivity index (χ1v) is 7.55. The maximum atomic E-state index is 12.1. The second kappa shape index (κ2) is 6.36. The van der Waals surface area contributed by atoms with Crippen LogP contribution in [0.3, 0.4) is 0 Å². The van der Waals surface area contributed by atoms with Crippen molar-refractivity contribution in [3.63, 3.8) is 0 Å². The molecule has 0 saturated carbocycles. The molecule has 0 bridgehead atoms. The van der Waals surface area contributed by atoms with Crippen LogP contribution in [-0.2, 0) is 11.3 Å². The molecule has 2 heterocycles. The average Bonchev–Trinajstić information content (AvgIpc) is 3.04. The second-order valence-corrected chi connectivity index (χ2v) is 5.58. The van der Waals surface area contributed by atoms with Gasteiger partial charge in [0.25, 0.3) is 5.56 Å². The summed E-state index contributed by atoms with van der Waals surface area (Å²) >= 11 is 1.52. The van der Waals surface area contributed by atoms with Crippen LogP contribution < -0.4 is 10.9 Å². The van der Waals surface area contributed by atoms with Crippen molar-refractivity contribution in [1.82, 2.24) is 9.55 Å². The minimum Gasteiger partial charge on any atom is -0.325 e. The molecule has 110 valence electrons. The molecule has 0 aliphatic carbocycles. The van der Waals surface area contributed by atoms with Crippen LogP contribution in [0.1, 0.15) is 0 Å². The topological polar surface area (TPSA) is 64.0 Å². The van der Waals surface area contributed by atoms with E-state index in [1.54, 1.807) is 12.1 Å². The molecule has 0 atom stereocenters. The number of carbonyl (C=O) groups excluding carboxylic acids is 1. The van der Waals surface area contributed by atoms with E-state index in [1.165, 1.54) is 28.3 Å². The summed E-state index contributed by atoms with van der Waals surface area (Å²) in [7, 11) is 0. The molecular formula is C16H13N3O2S. The van der Waals surface area contributed by atoms with E-state index >= 15 is 0 Å². The van der Waals surface area contributed by atoms with Gasteiger partial charge in [-0.05, 0) is 23.6 Å². The standard InChI is InChI=1S/C16H13N3O2S/c20-15(18-12-5-2-1-3-6-12)10-19-11-17-13(9-16(19)21)14-7-4-8-22-14/h1-9,11H,10H2,(H,18,20). The molecule has 6 heteroatoms. The highest BCUT2D eigenvalue weighted by Gasteiger charge is 2.07. The molecule has 2 aromatic heterocycles. The Hall–Kier alpha value is -2.73. The summed E-state index contributed by atoms with van der Waals surface area (Å²) in [5.74, 6) is -0.265. The van der Waals surface area contributed by atoms with Crippen LogP contribution in [0.4, 0.5) is 5.69 Å². The number of carbonyl (C=O) groups is 1. The van der Waals surface area contributed by atoms with Crippen LogP contribution in [-0.4, -0.2) is 15.5 Å². The van der Waals surface area contributed by atoms with Gasteiger partial charge in [0.2, 0.25) is 5.91 Å². The van der Waals surface area contributed by atoms with Gasteiger partial charge >= 0.3 is 0 Å². The lowest BCUT2D eigenvalue weighted by Gasteiger charge is -2.07. The molecule has 0 spiro atoms. The van der Waals surface area contributed by atoms with Crippen LogP contribution in [0.2, 0.25) is 0 Å². The van der Waals surface area contributed by atoms with Crippen molar-refractivity contribution in [2.75, 3.05) is 5.32 Å². The van der Waals surface area contributed by atoms with Gasteiger partial charge in [0, 0.05) is 11.8 Å². The lowest BCUT2D eigenvalue weighted by Crippen LogP contribution is -2.27.